The van der Waals surface area contributed by atoms with Crippen LogP contribution in [-0.2, 0) is 19.3 Å². The van der Waals surface area contributed by atoms with E-state index in [1.165, 1.54) is 35.7 Å². The number of hydrogen-bond acceptors (Lipinski definition) is 1. The molecule has 1 aromatic carbocycles. The van der Waals surface area contributed by atoms with Gasteiger partial charge in [-0.15, -0.1) is 0 Å². The summed E-state index contributed by atoms with van der Waals surface area (Å²) in [6.07, 6.45) is 7.15. The van der Waals surface area contributed by atoms with Crippen molar-refractivity contribution in [3.05, 3.63) is 35.0 Å². The van der Waals surface area contributed by atoms with Gasteiger partial charge in [-0.05, 0) is 67.6 Å². The van der Waals surface area contributed by atoms with E-state index >= 15 is 0 Å². The fourth-order valence-electron chi connectivity index (χ4n) is 2.86. The average molecular weight is 228 g/mol. The SMILES string of the molecule is CCNCCc1c[nH]c2cc3c(cc12)CCC3. The van der Waals surface area contributed by atoms with Crippen LogP contribution in [0.25, 0.3) is 10.9 Å². The van der Waals surface area contributed by atoms with Gasteiger partial charge in [-0.2, -0.15) is 0 Å². The monoisotopic (exact) mass is 228 g/mol. The van der Waals surface area contributed by atoms with E-state index in [4.69, 9.17) is 0 Å². The molecule has 0 fully saturated rings. The summed E-state index contributed by atoms with van der Waals surface area (Å²) in [6.45, 7) is 4.28. The van der Waals surface area contributed by atoms with Crippen molar-refractivity contribution in [3.8, 4) is 0 Å². The van der Waals surface area contributed by atoms with E-state index in [1.807, 2.05) is 0 Å². The molecule has 0 bridgehead atoms. The van der Waals surface area contributed by atoms with Gasteiger partial charge in [0.15, 0.2) is 0 Å². The summed E-state index contributed by atoms with van der Waals surface area (Å²) in [7, 11) is 0. The summed E-state index contributed by atoms with van der Waals surface area (Å²) in [5.74, 6) is 0. The highest BCUT2D eigenvalue weighted by Crippen LogP contribution is 2.28. The first-order chi connectivity index (χ1) is 8.38. The molecule has 2 N–H and O–H groups in total. The second kappa shape index (κ2) is 4.53. The van der Waals surface area contributed by atoms with E-state index in [9.17, 15) is 0 Å². The quantitative estimate of drug-likeness (QED) is 0.774. The topological polar surface area (TPSA) is 27.8 Å². The number of benzene rings is 1. The van der Waals surface area contributed by atoms with Gasteiger partial charge in [0, 0.05) is 17.1 Å². The van der Waals surface area contributed by atoms with Gasteiger partial charge in [-0.25, -0.2) is 0 Å². The second-order valence-corrected chi connectivity index (χ2v) is 4.94. The van der Waals surface area contributed by atoms with Crippen molar-refractivity contribution in [2.45, 2.75) is 32.6 Å². The largest absolute Gasteiger partial charge is 0.361 e. The van der Waals surface area contributed by atoms with Gasteiger partial charge in [0.05, 0.1) is 0 Å². The highest BCUT2D eigenvalue weighted by molar-refractivity contribution is 5.85. The molecule has 1 aromatic heterocycles. The predicted molar refractivity (Wildman–Crippen MR) is 72.6 cm³/mol. The average Bonchev–Trinajstić information content (AvgIpc) is 2.93. The van der Waals surface area contributed by atoms with Crippen LogP contribution in [0.4, 0.5) is 0 Å². The van der Waals surface area contributed by atoms with Gasteiger partial charge in [0.1, 0.15) is 0 Å². The lowest BCUT2D eigenvalue weighted by Crippen LogP contribution is -2.15. The van der Waals surface area contributed by atoms with Crippen LogP contribution in [0, 0.1) is 0 Å². The van der Waals surface area contributed by atoms with Gasteiger partial charge >= 0.3 is 0 Å². The standard InChI is InChI=1S/C15H20N2/c1-2-16-7-6-13-10-17-15-9-12-5-3-4-11(12)8-14(13)15/h8-10,16-17H,2-7H2,1H3. The molecular formula is C15H20N2. The zero-order chi connectivity index (χ0) is 11.7. The van der Waals surface area contributed by atoms with Crippen LogP contribution in [0.5, 0.6) is 0 Å². The Hall–Kier alpha value is -1.28. The number of fused-ring (bicyclic) bond motifs is 2. The van der Waals surface area contributed by atoms with E-state index in [2.05, 4.69) is 35.6 Å². The molecule has 2 aromatic rings. The molecule has 1 aliphatic rings. The summed E-state index contributed by atoms with van der Waals surface area (Å²) in [5, 5.41) is 4.82. The Morgan fingerprint density at radius 3 is 2.88 bits per heavy atom. The maximum Gasteiger partial charge on any atom is 0.0459 e. The van der Waals surface area contributed by atoms with E-state index in [1.54, 1.807) is 11.1 Å². The smallest absolute Gasteiger partial charge is 0.0459 e. The molecule has 0 radical (unpaired) electrons. The molecule has 1 aliphatic carbocycles. The zero-order valence-corrected chi connectivity index (χ0v) is 10.5. The predicted octanol–water partition coefficient (Wildman–Crippen LogP) is 2.81. The Labute approximate surface area is 102 Å². The van der Waals surface area contributed by atoms with Gasteiger partial charge in [-0.1, -0.05) is 6.92 Å². The molecule has 0 amide bonds. The Balaban J connectivity index is 1.92. The number of rotatable bonds is 4. The molecule has 2 nitrogen and oxygen atoms in total. The molecule has 1 heterocycles. The van der Waals surface area contributed by atoms with Gasteiger partial charge in [0.25, 0.3) is 0 Å². The number of hydrogen-bond donors (Lipinski definition) is 2. The third-order valence-corrected chi connectivity index (χ3v) is 3.80. The van der Waals surface area contributed by atoms with Gasteiger partial charge in [-0.3, -0.25) is 0 Å². The number of nitrogens with one attached hydrogen (secondary N) is 2. The third kappa shape index (κ3) is 1.98. The number of likely N-dealkylation sites (N-methyl/N-ethyl adjacent to an activating group) is 1. The van der Waals surface area contributed by atoms with Crippen molar-refractivity contribution >= 4 is 10.9 Å². The minimum absolute atomic E-state index is 1.05. The van der Waals surface area contributed by atoms with Gasteiger partial charge in [0.2, 0.25) is 0 Å². The third-order valence-electron chi connectivity index (χ3n) is 3.80. The Morgan fingerprint density at radius 2 is 2.06 bits per heavy atom. The molecule has 2 heteroatoms. The van der Waals surface area contributed by atoms with Crippen LogP contribution in [-0.4, -0.2) is 18.1 Å². The zero-order valence-electron chi connectivity index (χ0n) is 10.5. The molecular weight excluding hydrogens is 208 g/mol. The van der Waals surface area contributed by atoms with Crippen LogP contribution >= 0.6 is 0 Å². The lowest BCUT2D eigenvalue weighted by molar-refractivity contribution is 0.718. The maximum absolute atomic E-state index is 3.42. The Morgan fingerprint density at radius 1 is 1.24 bits per heavy atom. The molecule has 17 heavy (non-hydrogen) atoms. The van der Waals surface area contributed by atoms with Crippen LogP contribution in [0.15, 0.2) is 18.3 Å². The highest BCUT2D eigenvalue weighted by atomic mass is 14.8. The molecule has 3 rings (SSSR count). The first kappa shape index (κ1) is 10.8. The van der Waals surface area contributed by atoms with Crippen LogP contribution in [0.2, 0.25) is 0 Å². The van der Waals surface area contributed by atoms with Crippen LogP contribution < -0.4 is 5.32 Å². The fourth-order valence-corrected chi connectivity index (χ4v) is 2.86. The van der Waals surface area contributed by atoms with Crippen molar-refractivity contribution < 1.29 is 0 Å². The minimum Gasteiger partial charge on any atom is -0.361 e. The van der Waals surface area contributed by atoms with E-state index in [-0.39, 0.29) is 0 Å². The van der Waals surface area contributed by atoms with Crippen LogP contribution in [0.3, 0.4) is 0 Å². The van der Waals surface area contributed by atoms with Crippen molar-refractivity contribution in [2.24, 2.45) is 0 Å². The maximum atomic E-state index is 3.42. The number of aromatic nitrogens is 1. The van der Waals surface area contributed by atoms with Crippen molar-refractivity contribution in [2.75, 3.05) is 13.1 Å². The Kier molecular flexibility index (Phi) is 2.89. The van der Waals surface area contributed by atoms with Crippen LogP contribution in [0.1, 0.15) is 30.0 Å². The summed E-state index contributed by atoms with van der Waals surface area (Å²) < 4.78 is 0. The lowest BCUT2D eigenvalue weighted by Gasteiger charge is -2.03. The normalized spacial score (nSPS) is 14.4. The number of aryl methyl sites for hydroxylation is 2. The molecule has 0 spiro atoms. The van der Waals surface area contributed by atoms with Crippen molar-refractivity contribution in [1.29, 1.82) is 0 Å². The molecule has 0 saturated heterocycles. The van der Waals surface area contributed by atoms with Crippen molar-refractivity contribution in [3.63, 3.8) is 0 Å². The van der Waals surface area contributed by atoms with E-state index in [0.29, 0.717) is 0 Å². The summed E-state index contributed by atoms with van der Waals surface area (Å²) in [5.41, 5.74) is 5.90. The molecule has 0 aliphatic heterocycles. The van der Waals surface area contributed by atoms with Gasteiger partial charge < -0.3 is 10.3 Å². The fraction of sp³-hybridized carbons (Fsp3) is 0.467. The number of aromatic amines is 1. The second-order valence-electron chi connectivity index (χ2n) is 4.94. The summed E-state index contributed by atoms with van der Waals surface area (Å²) in [6, 6.07) is 4.77. The van der Waals surface area contributed by atoms with E-state index in [0.717, 1.165) is 19.5 Å². The molecule has 90 valence electrons. The van der Waals surface area contributed by atoms with E-state index < -0.39 is 0 Å². The molecule has 0 atom stereocenters. The first-order valence-electron chi connectivity index (χ1n) is 6.71. The number of H-pyrrole nitrogens is 1. The van der Waals surface area contributed by atoms with Crippen molar-refractivity contribution in [1.82, 2.24) is 10.3 Å². The summed E-state index contributed by atoms with van der Waals surface area (Å²) >= 11 is 0. The highest BCUT2D eigenvalue weighted by Gasteiger charge is 2.13. The molecule has 0 unspecified atom stereocenters. The molecule has 0 saturated carbocycles. The first-order valence-corrected chi connectivity index (χ1v) is 6.71. The summed E-state index contributed by atoms with van der Waals surface area (Å²) in [4.78, 5) is 3.42. The lowest BCUT2D eigenvalue weighted by atomic mass is 10.0. The Bertz CT molecular complexity index is 525. The minimum atomic E-state index is 1.05.